The number of nitrogens with zero attached hydrogens (tertiary/aromatic N) is 3. The average Bonchev–Trinajstić information content (AvgIpc) is 3.31. The zero-order chi connectivity index (χ0) is 22.2. The number of anilines is 2. The summed E-state index contributed by atoms with van der Waals surface area (Å²) in [5, 5.41) is 6.52. The lowest BCUT2D eigenvalue weighted by atomic mass is 9.99. The largest absolute Gasteiger partial charge is 0.354 e. The van der Waals surface area contributed by atoms with Gasteiger partial charge in [-0.15, -0.1) is 0 Å². The van der Waals surface area contributed by atoms with Gasteiger partial charge in [0.05, 0.1) is 28.6 Å². The van der Waals surface area contributed by atoms with Crippen molar-refractivity contribution in [3.63, 3.8) is 0 Å². The molecule has 4 aromatic rings. The van der Waals surface area contributed by atoms with Gasteiger partial charge in [-0.25, -0.2) is 4.98 Å². The first-order valence-electron chi connectivity index (χ1n) is 10.6. The molecular formula is C26H25N5O. The number of fused-ring (bicyclic) bond motifs is 2. The molecule has 1 amide bonds. The molecule has 1 aromatic heterocycles. The van der Waals surface area contributed by atoms with Crippen LogP contribution in [0, 0.1) is 0 Å². The Morgan fingerprint density at radius 2 is 1.84 bits per heavy atom. The van der Waals surface area contributed by atoms with Gasteiger partial charge < -0.3 is 20.1 Å². The van der Waals surface area contributed by atoms with Gasteiger partial charge in [-0.3, -0.25) is 4.79 Å². The maximum atomic E-state index is 13.0. The van der Waals surface area contributed by atoms with Crippen LogP contribution in [0.2, 0.25) is 0 Å². The van der Waals surface area contributed by atoms with Crippen LogP contribution in [0.15, 0.2) is 73.1 Å². The third-order valence-corrected chi connectivity index (χ3v) is 5.66. The summed E-state index contributed by atoms with van der Waals surface area (Å²) in [5.41, 5.74) is 8.11. The van der Waals surface area contributed by atoms with Crippen LogP contribution in [-0.4, -0.2) is 34.5 Å². The van der Waals surface area contributed by atoms with Gasteiger partial charge in [0.25, 0.3) is 5.91 Å². The molecule has 0 spiro atoms. The Hall–Kier alpha value is -3.90. The maximum absolute atomic E-state index is 13.0. The number of para-hydroxylation sites is 1. The fourth-order valence-corrected chi connectivity index (χ4v) is 4.14. The highest BCUT2D eigenvalue weighted by molar-refractivity contribution is 6.37. The van der Waals surface area contributed by atoms with Gasteiger partial charge in [0.1, 0.15) is 0 Å². The Balaban J connectivity index is 1.63. The second-order valence-electron chi connectivity index (χ2n) is 8.37. The Kier molecular flexibility index (Phi) is 4.99. The molecule has 3 aromatic carbocycles. The van der Waals surface area contributed by atoms with Crippen molar-refractivity contribution in [1.82, 2.24) is 14.5 Å². The molecule has 0 saturated carbocycles. The molecule has 1 aliphatic heterocycles. The summed E-state index contributed by atoms with van der Waals surface area (Å²) in [4.78, 5) is 19.7. The summed E-state index contributed by atoms with van der Waals surface area (Å²) in [7, 11) is 6.08. The molecule has 0 bridgehead atoms. The lowest BCUT2D eigenvalue weighted by Gasteiger charge is -2.16. The Bertz CT molecular complexity index is 1350. The zero-order valence-corrected chi connectivity index (χ0v) is 18.4. The van der Waals surface area contributed by atoms with Gasteiger partial charge in [-0.2, -0.15) is 0 Å². The number of imidazole rings is 1. The number of benzene rings is 3. The van der Waals surface area contributed by atoms with Crippen molar-refractivity contribution < 1.29 is 4.79 Å². The van der Waals surface area contributed by atoms with E-state index in [0.29, 0.717) is 5.57 Å². The van der Waals surface area contributed by atoms with Crippen LogP contribution in [-0.2, 0) is 18.4 Å². The monoisotopic (exact) mass is 423 g/mol. The average molecular weight is 424 g/mol. The van der Waals surface area contributed by atoms with Crippen LogP contribution in [0.1, 0.15) is 16.7 Å². The van der Waals surface area contributed by atoms with Gasteiger partial charge in [0, 0.05) is 36.1 Å². The van der Waals surface area contributed by atoms with E-state index in [4.69, 9.17) is 0 Å². The Morgan fingerprint density at radius 1 is 1.06 bits per heavy atom. The maximum Gasteiger partial charge on any atom is 0.258 e. The van der Waals surface area contributed by atoms with Gasteiger partial charge in [-0.05, 0) is 50.0 Å². The Morgan fingerprint density at radius 3 is 2.62 bits per heavy atom. The van der Waals surface area contributed by atoms with E-state index < -0.39 is 0 Å². The summed E-state index contributed by atoms with van der Waals surface area (Å²) in [6, 6.07) is 22.2. The highest BCUT2D eigenvalue weighted by Crippen LogP contribution is 2.37. The molecule has 6 heteroatoms. The summed E-state index contributed by atoms with van der Waals surface area (Å²) < 4.78 is 1.99. The van der Waals surface area contributed by atoms with Crippen LogP contribution < -0.4 is 10.6 Å². The highest BCUT2D eigenvalue weighted by atomic mass is 16.2. The van der Waals surface area contributed by atoms with Crippen molar-refractivity contribution in [1.29, 1.82) is 0 Å². The Labute approximate surface area is 187 Å². The predicted octanol–water partition coefficient (Wildman–Crippen LogP) is 4.57. The fraction of sp³-hybridized carbons (Fsp3) is 0.154. The van der Waals surface area contributed by atoms with Crippen LogP contribution >= 0.6 is 0 Å². The van der Waals surface area contributed by atoms with Gasteiger partial charge in [0.2, 0.25) is 0 Å². The van der Waals surface area contributed by atoms with Crippen molar-refractivity contribution in [3.8, 4) is 0 Å². The van der Waals surface area contributed by atoms with E-state index in [1.54, 1.807) is 6.33 Å². The van der Waals surface area contributed by atoms with E-state index >= 15 is 0 Å². The third kappa shape index (κ3) is 3.65. The first kappa shape index (κ1) is 20.0. The van der Waals surface area contributed by atoms with Crippen molar-refractivity contribution in [2.75, 3.05) is 24.7 Å². The van der Waals surface area contributed by atoms with E-state index in [2.05, 4.69) is 58.9 Å². The first-order chi connectivity index (χ1) is 15.5. The normalized spacial score (nSPS) is 14.6. The zero-order valence-electron chi connectivity index (χ0n) is 18.4. The molecule has 0 atom stereocenters. The molecule has 5 rings (SSSR count). The molecular weight excluding hydrogens is 398 g/mol. The lowest BCUT2D eigenvalue weighted by molar-refractivity contribution is -0.110. The van der Waals surface area contributed by atoms with Crippen LogP contribution in [0.4, 0.5) is 11.4 Å². The second kappa shape index (κ2) is 7.98. The van der Waals surface area contributed by atoms with Gasteiger partial charge in [-0.1, -0.05) is 36.4 Å². The minimum atomic E-state index is -0.112. The molecule has 0 radical (unpaired) electrons. The summed E-state index contributed by atoms with van der Waals surface area (Å²) >= 11 is 0. The van der Waals surface area contributed by atoms with Crippen LogP contribution in [0.3, 0.4) is 0 Å². The fourth-order valence-electron chi connectivity index (χ4n) is 4.14. The number of hydrogen-bond donors (Lipinski definition) is 2. The number of nitrogens with one attached hydrogen (secondary N) is 2. The standard InChI is InChI=1S/C26H25N5O/c1-30(2)15-17-8-11-19(12-9-17)28-25(18-10-13-23-22(14-18)27-16-31(23)3)24-20-6-4-5-7-21(20)29-26(24)32/h4-14,16,28H,15H2,1-3H3,(H,29,32)/b25-24-. The molecule has 160 valence electrons. The minimum Gasteiger partial charge on any atom is -0.354 e. The molecule has 0 fully saturated rings. The predicted molar refractivity (Wildman–Crippen MR) is 130 cm³/mol. The van der Waals surface area contributed by atoms with E-state index in [0.717, 1.165) is 45.8 Å². The first-order valence-corrected chi connectivity index (χ1v) is 10.6. The third-order valence-electron chi connectivity index (χ3n) is 5.66. The van der Waals surface area contributed by atoms with Crippen molar-refractivity contribution >= 4 is 39.6 Å². The molecule has 1 aliphatic rings. The summed E-state index contributed by atoms with van der Waals surface area (Å²) in [6.45, 7) is 0.875. The number of aryl methyl sites for hydroxylation is 1. The number of rotatable bonds is 5. The molecule has 0 saturated heterocycles. The molecule has 2 heterocycles. The van der Waals surface area contributed by atoms with Gasteiger partial charge in [0.15, 0.2) is 0 Å². The molecule has 6 nitrogen and oxygen atoms in total. The number of carbonyl (C=O) groups excluding carboxylic acids is 1. The topological polar surface area (TPSA) is 62.2 Å². The van der Waals surface area contributed by atoms with Crippen LogP contribution in [0.5, 0.6) is 0 Å². The molecule has 0 aliphatic carbocycles. The minimum absolute atomic E-state index is 0.112. The van der Waals surface area contributed by atoms with E-state index in [-0.39, 0.29) is 5.91 Å². The summed E-state index contributed by atoms with van der Waals surface area (Å²) in [6.07, 6.45) is 1.80. The van der Waals surface area contributed by atoms with Crippen LogP contribution in [0.25, 0.3) is 22.3 Å². The SMILES string of the molecule is CN(C)Cc1ccc(N/C(=C2\C(=O)Nc3ccccc32)c2ccc3c(c2)ncn3C)cc1. The smallest absolute Gasteiger partial charge is 0.258 e. The van der Waals surface area contributed by atoms with Crippen molar-refractivity contribution in [2.24, 2.45) is 7.05 Å². The van der Waals surface area contributed by atoms with E-state index in [9.17, 15) is 4.79 Å². The van der Waals surface area contributed by atoms with Crippen molar-refractivity contribution in [3.05, 3.63) is 89.7 Å². The van der Waals surface area contributed by atoms with Gasteiger partial charge >= 0.3 is 0 Å². The lowest BCUT2D eigenvalue weighted by Crippen LogP contribution is -2.11. The number of hydrogen-bond acceptors (Lipinski definition) is 4. The number of amides is 1. The van der Waals surface area contributed by atoms with Crippen molar-refractivity contribution in [2.45, 2.75) is 6.54 Å². The van der Waals surface area contributed by atoms with E-state index in [1.807, 2.05) is 54.1 Å². The number of aromatic nitrogens is 2. The quantitative estimate of drug-likeness (QED) is 0.462. The summed E-state index contributed by atoms with van der Waals surface area (Å²) in [5.74, 6) is -0.112. The molecule has 0 unspecified atom stereocenters. The number of carbonyl (C=O) groups is 1. The molecule has 2 N–H and O–H groups in total. The van der Waals surface area contributed by atoms with E-state index in [1.165, 1.54) is 5.56 Å². The molecule has 32 heavy (non-hydrogen) atoms. The second-order valence-corrected chi connectivity index (χ2v) is 8.37. The highest BCUT2D eigenvalue weighted by Gasteiger charge is 2.28.